The smallest absolute Gasteiger partial charge is 0.233 e. The van der Waals surface area contributed by atoms with E-state index >= 15 is 0 Å². The topological polar surface area (TPSA) is 86.5 Å². The van der Waals surface area contributed by atoms with E-state index in [9.17, 15) is 4.79 Å². The molecule has 2 heterocycles. The zero-order chi connectivity index (χ0) is 17.9. The second-order valence-electron chi connectivity index (χ2n) is 6.20. The minimum atomic E-state index is -0.557. The van der Waals surface area contributed by atoms with Crippen LogP contribution in [0.25, 0.3) is 11.3 Å². The van der Waals surface area contributed by atoms with Gasteiger partial charge in [0.25, 0.3) is 0 Å². The number of ether oxygens (including phenoxy) is 2. The Hall–Kier alpha value is -1.67. The Labute approximate surface area is 163 Å². The number of nitrogens with two attached hydrogens (primary N) is 1. The average molecular weight is 398 g/mol. The highest BCUT2D eigenvalue weighted by Gasteiger charge is 2.39. The molecule has 142 valence electrons. The highest BCUT2D eigenvalue weighted by atomic mass is 35.5. The quantitative estimate of drug-likeness (QED) is 0.808. The molecule has 1 aromatic carbocycles. The molecule has 2 aromatic rings. The predicted octanol–water partition coefficient (Wildman–Crippen LogP) is 3.24. The van der Waals surface area contributed by atoms with Crippen molar-refractivity contribution in [2.24, 2.45) is 11.1 Å². The highest BCUT2D eigenvalue weighted by molar-refractivity contribution is 7.16. The highest BCUT2D eigenvalue weighted by Crippen LogP contribution is 2.34. The van der Waals surface area contributed by atoms with E-state index in [4.69, 9.17) is 15.2 Å². The number of carbonyl (C=O) groups is 1. The lowest BCUT2D eigenvalue weighted by Gasteiger charge is -2.34. The van der Waals surface area contributed by atoms with Crippen molar-refractivity contribution < 1.29 is 14.3 Å². The Bertz CT molecular complexity index is 743. The molecule has 6 nitrogen and oxygen atoms in total. The van der Waals surface area contributed by atoms with Crippen molar-refractivity contribution in [3.63, 3.8) is 0 Å². The van der Waals surface area contributed by atoms with Crippen molar-refractivity contribution in [2.45, 2.75) is 19.8 Å². The van der Waals surface area contributed by atoms with E-state index in [2.05, 4.69) is 10.3 Å². The number of anilines is 1. The first-order valence-electron chi connectivity index (χ1n) is 8.29. The van der Waals surface area contributed by atoms with Gasteiger partial charge in [-0.2, -0.15) is 0 Å². The molecule has 0 spiro atoms. The molecule has 3 N–H and O–H groups in total. The third-order valence-corrected chi connectivity index (χ3v) is 5.59. The van der Waals surface area contributed by atoms with Gasteiger partial charge in [0.1, 0.15) is 5.75 Å². The van der Waals surface area contributed by atoms with Crippen LogP contribution in [0.2, 0.25) is 0 Å². The fourth-order valence-corrected chi connectivity index (χ4v) is 3.81. The van der Waals surface area contributed by atoms with E-state index < -0.39 is 5.41 Å². The summed E-state index contributed by atoms with van der Waals surface area (Å²) in [5.74, 6) is 0.739. The van der Waals surface area contributed by atoms with Gasteiger partial charge in [0.2, 0.25) is 5.91 Å². The van der Waals surface area contributed by atoms with E-state index in [0.717, 1.165) is 21.9 Å². The van der Waals surface area contributed by atoms with Crippen LogP contribution in [-0.4, -0.2) is 37.8 Å². The molecule has 1 aliphatic rings. The van der Waals surface area contributed by atoms with Crippen molar-refractivity contribution >= 4 is 34.8 Å². The predicted molar refractivity (Wildman–Crippen MR) is 106 cm³/mol. The fourth-order valence-electron chi connectivity index (χ4n) is 2.98. The number of aryl methyl sites for hydroxylation is 1. The number of halogens is 1. The van der Waals surface area contributed by atoms with Gasteiger partial charge in [-0.3, -0.25) is 4.79 Å². The van der Waals surface area contributed by atoms with Crippen LogP contribution in [0, 0.1) is 12.3 Å². The van der Waals surface area contributed by atoms with Gasteiger partial charge < -0.3 is 20.5 Å². The molecule has 1 amide bonds. The summed E-state index contributed by atoms with van der Waals surface area (Å²) in [5, 5.41) is 3.57. The maximum Gasteiger partial charge on any atom is 0.233 e. The van der Waals surface area contributed by atoms with Crippen LogP contribution in [0.4, 0.5) is 5.13 Å². The van der Waals surface area contributed by atoms with Crippen LogP contribution < -0.4 is 15.8 Å². The summed E-state index contributed by atoms with van der Waals surface area (Å²) >= 11 is 1.47. The normalized spacial score (nSPS) is 15.8. The van der Waals surface area contributed by atoms with Gasteiger partial charge in [-0.1, -0.05) is 0 Å². The Balaban J connectivity index is 0.00000243. The largest absolute Gasteiger partial charge is 0.497 e. The minimum Gasteiger partial charge on any atom is -0.497 e. The van der Waals surface area contributed by atoms with Crippen molar-refractivity contribution in [3.8, 4) is 17.0 Å². The lowest BCUT2D eigenvalue weighted by molar-refractivity contribution is -0.130. The van der Waals surface area contributed by atoms with Gasteiger partial charge >= 0.3 is 0 Å². The van der Waals surface area contributed by atoms with Crippen molar-refractivity contribution in [1.82, 2.24) is 4.98 Å². The number of aromatic nitrogens is 1. The molecular weight excluding hydrogens is 374 g/mol. The summed E-state index contributed by atoms with van der Waals surface area (Å²) in [5.41, 5.74) is 7.21. The Morgan fingerprint density at radius 2 is 2.00 bits per heavy atom. The van der Waals surface area contributed by atoms with Crippen LogP contribution in [0.15, 0.2) is 24.3 Å². The second-order valence-corrected chi connectivity index (χ2v) is 7.41. The fraction of sp³-hybridized carbons (Fsp3) is 0.444. The van der Waals surface area contributed by atoms with Gasteiger partial charge in [-0.15, -0.1) is 23.7 Å². The summed E-state index contributed by atoms with van der Waals surface area (Å²) in [6.07, 6.45) is 1.29. The standard InChI is InChI=1S/C18H23N3O3S.ClH/c1-12-15(13-3-5-14(23-2)6-4-13)20-17(25-12)21-16(22)18(11-19)7-9-24-10-8-18;/h3-6H,7-11,19H2,1-2H3,(H,20,21,22);1H. The number of thiazole rings is 1. The Kier molecular flexibility index (Phi) is 7.00. The average Bonchev–Trinajstić information content (AvgIpc) is 3.02. The monoisotopic (exact) mass is 397 g/mol. The first-order valence-corrected chi connectivity index (χ1v) is 9.11. The molecule has 8 heteroatoms. The maximum atomic E-state index is 12.8. The summed E-state index contributed by atoms with van der Waals surface area (Å²) in [6.45, 7) is 3.45. The van der Waals surface area contributed by atoms with Crippen LogP contribution in [0.3, 0.4) is 0 Å². The van der Waals surface area contributed by atoms with Crippen LogP contribution in [0.5, 0.6) is 5.75 Å². The zero-order valence-electron chi connectivity index (χ0n) is 14.9. The van der Waals surface area contributed by atoms with Gasteiger partial charge in [-0.25, -0.2) is 4.98 Å². The molecule has 0 saturated carbocycles. The van der Waals surface area contributed by atoms with Crippen molar-refractivity contribution in [1.29, 1.82) is 0 Å². The molecule has 1 aliphatic heterocycles. The molecule has 0 aliphatic carbocycles. The molecule has 1 saturated heterocycles. The third kappa shape index (κ3) is 4.17. The number of hydrogen-bond acceptors (Lipinski definition) is 6. The third-order valence-electron chi connectivity index (χ3n) is 4.70. The summed E-state index contributed by atoms with van der Waals surface area (Å²) in [6, 6.07) is 7.73. The van der Waals surface area contributed by atoms with Gasteiger partial charge in [0.15, 0.2) is 5.13 Å². The number of nitrogens with zero attached hydrogens (tertiary/aromatic N) is 1. The van der Waals surface area contributed by atoms with Gasteiger partial charge in [0, 0.05) is 30.2 Å². The molecular formula is C18H24ClN3O3S. The number of nitrogens with one attached hydrogen (secondary N) is 1. The van der Waals surface area contributed by atoms with Gasteiger partial charge in [0.05, 0.1) is 18.2 Å². The van der Waals surface area contributed by atoms with E-state index in [1.54, 1.807) is 7.11 Å². The Morgan fingerprint density at radius 1 is 1.35 bits per heavy atom. The van der Waals surface area contributed by atoms with E-state index in [0.29, 0.717) is 37.7 Å². The van der Waals surface area contributed by atoms with Crippen molar-refractivity contribution in [2.75, 3.05) is 32.2 Å². The molecule has 0 atom stereocenters. The van der Waals surface area contributed by atoms with E-state index in [-0.39, 0.29) is 18.3 Å². The lowest BCUT2D eigenvalue weighted by atomic mass is 9.79. The zero-order valence-corrected chi connectivity index (χ0v) is 16.5. The molecule has 1 aromatic heterocycles. The molecule has 26 heavy (non-hydrogen) atoms. The molecule has 3 rings (SSSR count). The first-order chi connectivity index (χ1) is 12.1. The molecule has 0 unspecified atom stereocenters. The summed E-state index contributed by atoms with van der Waals surface area (Å²) < 4.78 is 10.6. The van der Waals surface area contributed by atoms with E-state index in [1.807, 2.05) is 31.2 Å². The SMILES string of the molecule is COc1ccc(-c2nc(NC(=O)C3(CN)CCOCC3)sc2C)cc1.Cl. The van der Waals surface area contributed by atoms with Gasteiger partial charge in [-0.05, 0) is 44.0 Å². The number of hydrogen-bond donors (Lipinski definition) is 2. The summed E-state index contributed by atoms with van der Waals surface area (Å²) in [7, 11) is 1.64. The Morgan fingerprint density at radius 3 is 2.58 bits per heavy atom. The summed E-state index contributed by atoms with van der Waals surface area (Å²) in [4.78, 5) is 18.4. The number of methoxy groups -OCH3 is 1. The van der Waals surface area contributed by atoms with Crippen molar-refractivity contribution in [3.05, 3.63) is 29.1 Å². The molecule has 0 bridgehead atoms. The van der Waals surface area contributed by atoms with Crippen LogP contribution >= 0.6 is 23.7 Å². The second kappa shape index (κ2) is 8.81. The lowest BCUT2D eigenvalue weighted by Crippen LogP contribution is -2.46. The van der Waals surface area contributed by atoms with Crippen LogP contribution in [-0.2, 0) is 9.53 Å². The molecule has 1 fully saturated rings. The molecule has 0 radical (unpaired) electrons. The number of rotatable bonds is 5. The number of carbonyl (C=O) groups excluding carboxylic acids is 1. The minimum absolute atomic E-state index is 0. The maximum absolute atomic E-state index is 12.8. The first kappa shape index (κ1) is 20.6. The number of amides is 1. The van der Waals surface area contributed by atoms with Crippen LogP contribution in [0.1, 0.15) is 17.7 Å². The number of benzene rings is 1. The van der Waals surface area contributed by atoms with E-state index in [1.165, 1.54) is 11.3 Å².